The highest BCUT2D eigenvalue weighted by Gasteiger charge is 2.30. The lowest BCUT2D eigenvalue weighted by atomic mass is 10.0. The molecule has 20 heavy (non-hydrogen) atoms. The minimum absolute atomic E-state index is 0.0781. The average Bonchev–Trinajstić information content (AvgIpc) is 2.86. The predicted molar refractivity (Wildman–Crippen MR) is 59.0 cm³/mol. The van der Waals surface area contributed by atoms with Gasteiger partial charge < -0.3 is 14.7 Å². The van der Waals surface area contributed by atoms with Crippen molar-refractivity contribution in [3.8, 4) is 0 Å². The number of carboxylic acid groups (broad SMARTS) is 1. The molecule has 106 valence electrons. The molecule has 0 radical (unpaired) electrons. The SMILES string of the molecule is O=C(O)c1conc1[C@H](O)c1ccc(C(F)(F)F)cc1. The van der Waals surface area contributed by atoms with Gasteiger partial charge in [0.05, 0.1) is 5.56 Å². The van der Waals surface area contributed by atoms with Crippen molar-refractivity contribution in [1.29, 1.82) is 0 Å². The number of hydrogen-bond acceptors (Lipinski definition) is 4. The van der Waals surface area contributed by atoms with Gasteiger partial charge in [-0.1, -0.05) is 17.3 Å². The number of carbonyl (C=O) groups is 1. The van der Waals surface area contributed by atoms with E-state index >= 15 is 0 Å². The van der Waals surface area contributed by atoms with Crippen molar-refractivity contribution >= 4 is 5.97 Å². The molecule has 2 aromatic rings. The van der Waals surface area contributed by atoms with Crippen molar-refractivity contribution in [1.82, 2.24) is 5.16 Å². The summed E-state index contributed by atoms with van der Waals surface area (Å²) in [5.74, 6) is -1.35. The first-order valence-corrected chi connectivity index (χ1v) is 5.33. The fraction of sp³-hybridized carbons (Fsp3) is 0.167. The number of rotatable bonds is 3. The summed E-state index contributed by atoms with van der Waals surface area (Å²) in [6.45, 7) is 0. The van der Waals surface area contributed by atoms with E-state index in [0.29, 0.717) is 0 Å². The van der Waals surface area contributed by atoms with Crippen LogP contribution in [0.3, 0.4) is 0 Å². The number of aromatic nitrogens is 1. The van der Waals surface area contributed by atoms with Gasteiger partial charge in [0.15, 0.2) is 0 Å². The Balaban J connectivity index is 2.32. The fourth-order valence-electron chi connectivity index (χ4n) is 1.61. The average molecular weight is 287 g/mol. The number of halogens is 3. The van der Waals surface area contributed by atoms with E-state index in [-0.39, 0.29) is 16.8 Å². The number of alkyl halides is 3. The molecule has 8 heteroatoms. The highest BCUT2D eigenvalue weighted by atomic mass is 19.4. The second kappa shape index (κ2) is 4.97. The summed E-state index contributed by atoms with van der Waals surface area (Å²) in [7, 11) is 0. The third-order valence-corrected chi connectivity index (χ3v) is 2.64. The molecule has 0 aliphatic heterocycles. The molecule has 1 aromatic heterocycles. The van der Waals surface area contributed by atoms with Crippen LogP contribution in [0, 0.1) is 0 Å². The molecule has 0 unspecified atom stereocenters. The van der Waals surface area contributed by atoms with Crippen LogP contribution in [-0.2, 0) is 6.18 Å². The van der Waals surface area contributed by atoms with Gasteiger partial charge >= 0.3 is 12.1 Å². The van der Waals surface area contributed by atoms with Gasteiger partial charge in [0.2, 0.25) is 0 Å². The van der Waals surface area contributed by atoms with Gasteiger partial charge in [-0.3, -0.25) is 0 Å². The molecular formula is C12H8F3NO4. The molecule has 0 fully saturated rings. The van der Waals surface area contributed by atoms with Crippen LogP contribution in [0.4, 0.5) is 13.2 Å². The molecule has 0 saturated carbocycles. The lowest BCUT2D eigenvalue weighted by molar-refractivity contribution is -0.137. The molecule has 2 rings (SSSR count). The van der Waals surface area contributed by atoms with E-state index in [4.69, 9.17) is 5.11 Å². The van der Waals surface area contributed by atoms with Gasteiger partial charge in [0, 0.05) is 0 Å². The van der Waals surface area contributed by atoms with Crippen LogP contribution in [0.15, 0.2) is 35.1 Å². The van der Waals surface area contributed by atoms with Crippen molar-refractivity contribution < 1.29 is 32.7 Å². The van der Waals surface area contributed by atoms with Crippen LogP contribution in [0.2, 0.25) is 0 Å². The molecule has 0 saturated heterocycles. The van der Waals surface area contributed by atoms with E-state index in [1.165, 1.54) is 0 Å². The number of carboxylic acids is 1. The van der Waals surface area contributed by atoms with Crippen molar-refractivity contribution in [2.75, 3.05) is 0 Å². The number of aliphatic hydroxyl groups excluding tert-OH is 1. The van der Waals surface area contributed by atoms with Gasteiger partial charge in [0.25, 0.3) is 0 Å². The zero-order valence-corrected chi connectivity index (χ0v) is 9.76. The normalized spacial score (nSPS) is 13.2. The van der Waals surface area contributed by atoms with Gasteiger partial charge in [0.1, 0.15) is 23.6 Å². The van der Waals surface area contributed by atoms with Gasteiger partial charge in [-0.2, -0.15) is 13.2 Å². The minimum Gasteiger partial charge on any atom is -0.478 e. The van der Waals surface area contributed by atoms with E-state index < -0.39 is 23.8 Å². The van der Waals surface area contributed by atoms with Crippen molar-refractivity contribution in [2.24, 2.45) is 0 Å². The van der Waals surface area contributed by atoms with Crippen LogP contribution in [0.1, 0.15) is 33.3 Å². The van der Waals surface area contributed by atoms with Crippen LogP contribution in [0.25, 0.3) is 0 Å². The maximum Gasteiger partial charge on any atom is 0.416 e. The molecule has 0 amide bonds. The fourth-order valence-corrected chi connectivity index (χ4v) is 1.61. The Kier molecular flexibility index (Phi) is 3.49. The quantitative estimate of drug-likeness (QED) is 0.906. The molecule has 5 nitrogen and oxygen atoms in total. The molecule has 0 aliphatic carbocycles. The summed E-state index contributed by atoms with van der Waals surface area (Å²) in [4.78, 5) is 10.8. The Morgan fingerprint density at radius 3 is 2.35 bits per heavy atom. The first kappa shape index (κ1) is 14.1. The number of aromatic carboxylic acids is 1. The number of hydrogen-bond donors (Lipinski definition) is 2. The second-order valence-corrected chi connectivity index (χ2v) is 3.94. The maximum atomic E-state index is 12.4. The third-order valence-electron chi connectivity index (χ3n) is 2.64. The number of aliphatic hydroxyl groups is 1. The number of nitrogens with zero attached hydrogens (tertiary/aromatic N) is 1. The largest absolute Gasteiger partial charge is 0.478 e. The first-order chi connectivity index (χ1) is 9.30. The Labute approximate surface area is 110 Å². The molecule has 1 heterocycles. The van der Waals surface area contributed by atoms with Crippen molar-refractivity contribution in [2.45, 2.75) is 12.3 Å². The summed E-state index contributed by atoms with van der Waals surface area (Å²) in [6, 6.07) is 3.68. The maximum absolute atomic E-state index is 12.4. The summed E-state index contributed by atoms with van der Waals surface area (Å²) < 4.78 is 41.6. The van der Waals surface area contributed by atoms with Gasteiger partial charge in [-0.05, 0) is 17.7 Å². The summed E-state index contributed by atoms with van der Waals surface area (Å²) in [5.41, 5.74) is -1.41. The summed E-state index contributed by atoms with van der Waals surface area (Å²) in [5, 5.41) is 22.1. The molecular weight excluding hydrogens is 279 g/mol. The summed E-state index contributed by atoms with van der Waals surface area (Å²) in [6.07, 6.45) is -5.13. The van der Waals surface area contributed by atoms with Gasteiger partial charge in [-0.15, -0.1) is 0 Å². The Bertz CT molecular complexity index is 618. The van der Waals surface area contributed by atoms with Crippen LogP contribution >= 0.6 is 0 Å². The lowest BCUT2D eigenvalue weighted by Crippen LogP contribution is -2.08. The molecule has 1 atom stereocenters. The monoisotopic (exact) mass is 287 g/mol. The molecule has 1 aromatic carbocycles. The van der Waals surface area contributed by atoms with E-state index in [2.05, 4.69) is 9.68 Å². The molecule has 0 spiro atoms. The van der Waals surface area contributed by atoms with Crippen molar-refractivity contribution in [3.63, 3.8) is 0 Å². The first-order valence-electron chi connectivity index (χ1n) is 5.33. The van der Waals surface area contributed by atoms with Gasteiger partial charge in [-0.25, -0.2) is 4.79 Å². The topological polar surface area (TPSA) is 83.6 Å². The van der Waals surface area contributed by atoms with E-state index in [9.17, 15) is 23.1 Å². The Morgan fingerprint density at radius 1 is 1.25 bits per heavy atom. The zero-order chi connectivity index (χ0) is 14.9. The van der Waals surface area contributed by atoms with E-state index in [1.807, 2.05) is 0 Å². The second-order valence-electron chi connectivity index (χ2n) is 3.94. The van der Waals surface area contributed by atoms with Crippen LogP contribution < -0.4 is 0 Å². The predicted octanol–water partition coefficient (Wildman–Crippen LogP) is 2.47. The zero-order valence-electron chi connectivity index (χ0n) is 9.76. The van der Waals surface area contributed by atoms with E-state index in [0.717, 1.165) is 30.5 Å². The molecule has 0 aliphatic rings. The standard InChI is InChI=1S/C12H8F3NO4/c13-12(14,15)7-3-1-6(2-4-7)10(17)9-8(11(18)19)5-20-16-9/h1-5,10,17H,(H,18,19)/t10-/m1/s1. The minimum atomic E-state index is -4.48. The van der Waals surface area contributed by atoms with Crippen LogP contribution in [0.5, 0.6) is 0 Å². The lowest BCUT2D eigenvalue weighted by Gasteiger charge is -2.11. The highest BCUT2D eigenvalue weighted by molar-refractivity contribution is 5.88. The molecule has 2 N–H and O–H groups in total. The Morgan fingerprint density at radius 2 is 1.85 bits per heavy atom. The smallest absolute Gasteiger partial charge is 0.416 e. The molecule has 0 bridgehead atoms. The Hall–Kier alpha value is -2.35. The van der Waals surface area contributed by atoms with Crippen molar-refractivity contribution in [3.05, 3.63) is 52.9 Å². The number of benzene rings is 1. The van der Waals surface area contributed by atoms with Crippen LogP contribution in [-0.4, -0.2) is 21.3 Å². The highest BCUT2D eigenvalue weighted by Crippen LogP contribution is 2.31. The third kappa shape index (κ3) is 2.64. The van der Waals surface area contributed by atoms with E-state index in [1.54, 1.807) is 0 Å². The summed E-state index contributed by atoms with van der Waals surface area (Å²) >= 11 is 0.